The van der Waals surface area contributed by atoms with Crippen LogP contribution in [-0.2, 0) is 6.42 Å². The fourth-order valence-corrected chi connectivity index (χ4v) is 3.01. The van der Waals surface area contributed by atoms with E-state index in [9.17, 15) is 5.26 Å². The first kappa shape index (κ1) is 14.0. The SMILES string of the molecule is CC1CCC(C#N)C(N(C)CCc2ccncc2)C1. The highest BCUT2D eigenvalue weighted by Crippen LogP contribution is 2.31. The highest BCUT2D eigenvalue weighted by atomic mass is 15.1. The van der Waals surface area contributed by atoms with Gasteiger partial charge in [0.15, 0.2) is 0 Å². The van der Waals surface area contributed by atoms with Gasteiger partial charge in [0, 0.05) is 25.0 Å². The lowest BCUT2D eigenvalue weighted by Crippen LogP contribution is -2.42. The second-order valence-corrected chi connectivity index (χ2v) is 5.81. The van der Waals surface area contributed by atoms with Gasteiger partial charge < -0.3 is 4.90 Å². The standard InChI is InChI=1S/C16H23N3/c1-13-3-4-15(12-17)16(11-13)19(2)10-7-14-5-8-18-9-6-14/h5-6,8-9,13,15-16H,3-4,7,10-11H2,1-2H3. The van der Waals surface area contributed by atoms with E-state index in [0.29, 0.717) is 6.04 Å². The molecule has 1 aromatic heterocycles. The molecule has 2 rings (SSSR count). The predicted molar refractivity (Wildman–Crippen MR) is 76.5 cm³/mol. The molecule has 3 unspecified atom stereocenters. The minimum absolute atomic E-state index is 0.207. The number of nitriles is 1. The third-order valence-electron chi connectivity index (χ3n) is 4.31. The molecule has 19 heavy (non-hydrogen) atoms. The van der Waals surface area contributed by atoms with Crippen LogP contribution in [0.1, 0.15) is 31.7 Å². The van der Waals surface area contributed by atoms with Gasteiger partial charge in [0.25, 0.3) is 0 Å². The number of nitrogens with zero attached hydrogens (tertiary/aromatic N) is 3. The maximum Gasteiger partial charge on any atom is 0.0672 e. The molecule has 1 heterocycles. The third-order valence-corrected chi connectivity index (χ3v) is 4.31. The molecule has 0 N–H and O–H groups in total. The minimum atomic E-state index is 0.207. The molecule has 0 saturated heterocycles. The molecule has 0 spiro atoms. The van der Waals surface area contributed by atoms with Crippen molar-refractivity contribution in [3.05, 3.63) is 30.1 Å². The van der Waals surface area contributed by atoms with Crippen LogP contribution in [0.3, 0.4) is 0 Å². The molecule has 0 radical (unpaired) electrons. The van der Waals surface area contributed by atoms with Crippen LogP contribution in [0.25, 0.3) is 0 Å². The van der Waals surface area contributed by atoms with Crippen molar-refractivity contribution in [2.75, 3.05) is 13.6 Å². The van der Waals surface area contributed by atoms with Crippen LogP contribution in [0.2, 0.25) is 0 Å². The van der Waals surface area contributed by atoms with Gasteiger partial charge in [-0.3, -0.25) is 4.98 Å². The van der Waals surface area contributed by atoms with Crippen molar-refractivity contribution in [2.24, 2.45) is 11.8 Å². The average Bonchev–Trinajstić information content (AvgIpc) is 2.46. The molecule has 1 aliphatic rings. The molecule has 1 aromatic rings. The maximum atomic E-state index is 9.30. The van der Waals surface area contributed by atoms with E-state index in [4.69, 9.17) is 0 Å². The molecular formula is C16H23N3. The Hall–Kier alpha value is -1.40. The summed E-state index contributed by atoms with van der Waals surface area (Å²) in [4.78, 5) is 6.42. The molecule has 1 fully saturated rings. The lowest BCUT2D eigenvalue weighted by molar-refractivity contribution is 0.132. The number of hydrogen-bond donors (Lipinski definition) is 0. The van der Waals surface area contributed by atoms with E-state index in [1.54, 1.807) is 0 Å². The summed E-state index contributed by atoms with van der Waals surface area (Å²) in [6.45, 7) is 3.32. The summed E-state index contributed by atoms with van der Waals surface area (Å²) < 4.78 is 0. The fourth-order valence-electron chi connectivity index (χ4n) is 3.01. The molecule has 0 amide bonds. The van der Waals surface area contributed by atoms with Crippen LogP contribution in [0.15, 0.2) is 24.5 Å². The molecule has 1 saturated carbocycles. The van der Waals surface area contributed by atoms with Gasteiger partial charge in [-0.05, 0) is 56.3 Å². The van der Waals surface area contributed by atoms with Crippen molar-refractivity contribution in [1.29, 1.82) is 5.26 Å². The first-order chi connectivity index (χ1) is 9.20. The molecule has 3 atom stereocenters. The van der Waals surface area contributed by atoms with Crippen LogP contribution >= 0.6 is 0 Å². The predicted octanol–water partition coefficient (Wildman–Crippen LogP) is 2.88. The summed E-state index contributed by atoms with van der Waals surface area (Å²) in [6, 6.07) is 7.07. The van der Waals surface area contributed by atoms with E-state index in [1.807, 2.05) is 12.4 Å². The van der Waals surface area contributed by atoms with Gasteiger partial charge in [-0.15, -0.1) is 0 Å². The normalized spacial score (nSPS) is 27.2. The van der Waals surface area contributed by atoms with E-state index in [1.165, 1.54) is 12.0 Å². The lowest BCUT2D eigenvalue weighted by Gasteiger charge is -2.37. The summed E-state index contributed by atoms with van der Waals surface area (Å²) >= 11 is 0. The van der Waals surface area contributed by atoms with E-state index >= 15 is 0 Å². The molecule has 3 nitrogen and oxygen atoms in total. The topological polar surface area (TPSA) is 39.9 Å². The number of hydrogen-bond acceptors (Lipinski definition) is 3. The number of rotatable bonds is 4. The Morgan fingerprint density at radius 1 is 1.37 bits per heavy atom. The van der Waals surface area contributed by atoms with Crippen LogP contribution in [0.4, 0.5) is 0 Å². The molecule has 3 heteroatoms. The Labute approximate surface area is 116 Å². The molecule has 0 aromatic carbocycles. The van der Waals surface area contributed by atoms with Gasteiger partial charge >= 0.3 is 0 Å². The van der Waals surface area contributed by atoms with Crippen molar-refractivity contribution in [1.82, 2.24) is 9.88 Å². The zero-order valence-electron chi connectivity index (χ0n) is 11.9. The van der Waals surface area contributed by atoms with Gasteiger partial charge in [0.1, 0.15) is 0 Å². The van der Waals surface area contributed by atoms with Gasteiger partial charge in [0.05, 0.1) is 12.0 Å². The van der Waals surface area contributed by atoms with E-state index in [0.717, 1.165) is 31.7 Å². The van der Waals surface area contributed by atoms with Crippen LogP contribution in [-0.4, -0.2) is 29.5 Å². The number of likely N-dealkylation sites (N-methyl/N-ethyl adjacent to an activating group) is 1. The minimum Gasteiger partial charge on any atom is -0.302 e. The Kier molecular flexibility index (Phi) is 4.93. The second kappa shape index (κ2) is 6.68. The Morgan fingerprint density at radius 3 is 2.79 bits per heavy atom. The average molecular weight is 257 g/mol. The summed E-state index contributed by atoms with van der Waals surface area (Å²) in [6.07, 6.45) is 8.13. The summed E-state index contributed by atoms with van der Waals surface area (Å²) in [5.74, 6) is 0.955. The van der Waals surface area contributed by atoms with Crippen LogP contribution < -0.4 is 0 Å². The monoisotopic (exact) mass is 257 g/mol. The first-order valence-electron chi connectivity index (χ1n) is 7.19. The van der Waals surface area contributed by atoms with E-state index in [-0.39, 0.29) is 5.92 Å². The largest absolute Gasteiger partial charge is 0.302 e. The van der Waals surface area contributed by atoms with Gasteiger partial charge in [-0.25, -0.2) is 0 Å². The quantitative estimate of drug-likeness (QED) is 0.832. The molecule has 1 aliphatic carbocycles. The zero-order valence-corrected chi connectivity index (χ0v) is 11.9. The summed E-state index contributed by atoms with van der Waals surface area (Å²) in [7, 11) is 2.16. The van der Waals surface area contributed by atoms with Gasteiger partial charge in [-0.1, -0.05) is 6.92 Å². The fraction of sp³-hybridized carbons (Fsp3) is 0.625. The Morgan fingerprint density at radius 2 is 2.11 bits per heavy atom. The smallest absolute Gasteiger partial charge is 0.0672 e. The van der Waals surface area contributed by atoms with Crippen molar-refractivity contribution < 1.29 is 0 Å². The molecular weight excluding hydrogens is 234 g/mol. The van der Waals surface area contributed by atoms with Crippen molar-refractivity contribution in [3.63, 3.8) is 0 Å². The van der Waals surface area contributed by atoms with Crippen LogP contribution in [0.5, 0.6) is 0 Å². The van der Waals surface area contributed by atoms with Crippen molar-refractivity contribution in [3.8, 4) is 6.07 Å². The second-order valence-electron chi connectivity index (χ2n) is 5.81. The molecule has 102 valence electrons. The van der Waals surface area contributed by atoms with Gasteiger partial charge in [0.2, 0.25) is 0 Å². The molecule has 0 aliphatic heterocycles. The highest BCUT2D eigenvalue weighted by molar-refractivity contribution is 5.10. The first-order valence-corrected chi connectivity index (χ1v) is 7.19. The maximum absolute atomic E-state index is 9.30. The Bertz CT molecular complexity index is 423. The lowest BCUT2D eigenvalue weighted by atomic mass is 9.79. The van der Waals surface area contributed by atoms with Crippen LogP contribution in [0, 0.1) is 23.2 Å². The van der Waals surface area contributed by atoms with E-state index < -0.39 is 0 Å². The number of aromatic nitrogens is 1. The third kappa shape index (κ3) is 3.78. The van der Waals surface area contributed by atoms with E-state index in [2.05, 4.69) is 42.1 Å². The number of pyridine rings is 1. The van der Waals surface area contributed by atoms with Gasteiger partial charge in [-0.2, -0.15) is 5.26 Å². The zero-order chi connectivity index (χ0) is 13.7. The Balaban J connectivity index is 1.91. The van der Waals surface area contributed by atoms with Crippen molar-refractivity contribution in [2.45, 2.75) is 38.6 Å². The molecule has 0 bridgehead atoms. The summed E-state index contributed by atoms with van der Waals surface area (Å²) in [5, 5.41) is 9.30. The highest BCUT2D eigenvalue weighted by Gasteiger charge is 2.31. The summed E-state index contributed by atoms with van der Waals surface area (Å²) in [5.41, 5.74) is 1.32. The van der Waals surface area contributed by atoms with Crippen molar-refractivity contribution >= 4 is 0 Å².